The van der Waals surface area contributed by atoms with E-state index >= 15 is 0 Å². The lowest BCUT2D eigenvalue weighted by Crippen LogP contribution is -2.42. The number of carbonyl (C=O) groups is 1. The summed E-state index contributed by atoms with van der Waals surface area (Å²) in [4.78, 5) is 16.8. The third-order valence-corrected chi connectivity index (χ3v) is 4.56. The van der Waals surface area contributed by atoms with Crippen LogP contribution < -0.4 is 16.0 Å². The summed E-state index contributed by atoms with van der Waals surface area (Å²) < 4.78 is 0. The van der Waals surface area contributed by atoms with E-state index in [1.807, 2.05) is 27.7 Å². The molecule has 2 aromatic carbocycles. The second-order valence-electron chi connectivity index (χ2n) is 7.41. The van der Waals surface area contributed by atoms with Crippen LogP contribution in [-0.4, -0.2) is 31.5 Å². The third-order valence-electron chi connectivity index (χ3n) is 4.56. The summed E-state index contributed by atoms with van der Waals surface area (Å²) in [6, 6.07) is 14.9. The first-order valence-electron chi connectivity index (χ1n) is 9.69. The van der Waals surface area contributed by atoms with E-state index in [0.29, 0.717) is 13.1 Å². The van der Waals surface area contributed by atoms with Gasteiger partial charge in [-0.25, -0.2) is 0 Å². The van der Waals surface area contributed by atoms with E-state index in [1.54, 1.807) is 0 Å². The molecule has 0 saturated carbocycles. The molecule has 27 heavy (non-hydrogen) atoms. The van der Waals surface area contributed by atoms with Crippen LogP contribution in [0.1, 0.15) is 46.2 Å². The average Bonchev–Trinajstić information content (AvgIpc) is 2.66. The Morgan fingerprint density at radius 3 is 2.37 bits per heavy atom. The normalized spacial score (nSPS) is 13.3. The van der Waals surface area contributed by atoms with Gasteiger partial charge in [-0.05, 0) is 57.0 Å². The van der Waals surface area contributed by atoms with Gasteiger partial charge in [0, 0.05) is 13.1 Å². The van der Waals surface area contributed by atoms with Crippen molar-refractivity contribution >= 4 is 22.6 Å². The maximum atomic E-state index is 12.2. The Hall–Kier alpha value is -2.56. The standard InChI is InChI=1S/C22H32N4O/c1-6-23-20(27)22(4,5)15-25-21(24-7-2)26-16(3)18-13-12-17-10-8-9-11-19(17)14-18/h8-14,16H,6-7,15H2,1-5H3,(H,23,27)(H2,24,25,26). The van der Waals surface area contributed by atoms with Crippen molar-refractivity contribution in [2.75, 3.05) is 19.6 Å². The molecule has 0 aliphatic heterocycles. The number of carbonyl (C=O) groups excluding carboxylic acids is 1. The Morgan fingerprint density at radius 1 is 1.04 bits per heavy atom. The van der Waals surface area contributed by atoms with Crippen molar-refractivity contribution in [2.24, 2.45) is 10.4 Å². The number of guanidine groups is 1. The summed E-state index contributed by atoms with van der Waals surface area (Å²) in [7, 11) is 0. The van der Waals surface area contributed by atoms with Crippen molar-refractivity contribution < 1.29 is 4.79 Å². The number of nitrogens with one attached hydrogen (secondary N) is 3. The highest BCUT2D eigenvalue weighted by atomic mass is 16.2. The number of benzene rings is 2. The van der Waals surface area contributed by atoms with Gasteiger partial charge in [-0.1, -0.05) is 36.4 Å². The fourth-order valence-electron chi connectivity index (χ4n) is 2.83. The minimum atomic E-state index is -0.551. The highest BCUT2D eigenvalue weighted by Crippen LogP contribution is 2.20. The van der Waals surface area contributed by atoms with Gasteiger partial charge in [0.1, 0.15) is 0 Å². The van der Waals surface area contributed by atoms with Gasteiger partial charge >= 0.3 is 0 Å². The molecule has 0 fully saturated rings. The topological polar surface area (TPSA) is 65.5 Å². The molecule has 5 heteroatoms. The van der Waals surface area contributed by atoms with Gasteiger partial charge in [0.25, 0.3) is 0 Å². The Balaban J connectivity index is 2.12. The molecule has 1 unspecified atom stereocenters. The average molecular weight is 369 g/mol. The summed E-state index contributed by atoms with van der Waals surface area (Å²) in [5.74, 6) is 0.739. The van der Waals surface area contributed by atoms with Crippen molar-refractivity contribution in [1.82, 2.24) is 16.0 Å². The number of fused-ring (bicyclic) bond motifs is 1. The fraction of sp³-hybridized carbons (Fsp3) is 0.455. The molecule has 0 aliphatic carbocycles. The zero-order valence-electron chi connectivity index (χ0n) is 17.1. The zero-order chi connectivity index (χ0) is 19.9. The summed E-state index contributed by atoms with van der Waals surface area (Å²) in [5.41, 5.74) is 0.646. The second kappa shape index (κ2) is 9.40. The van der Waals surface area contributed by atoms with E-state index in [2.05, 4.69) is 70.3 Å². The van der Waals surface area contributed by atoms with Crippen LogP contribution in [0.4, 0.5) is 0 Å². The van der Waals surface area contributed by atoms with Gasteiger partial charge in [0.15, 0.2) is 5.96 Å². The molecular formula is C22H32N4O. The maximum absolute atomic E-state index is 12.2. The minimum Gasteiger partial charge on any atom is -0.357 e. The molecule has 0 heterocycles. The van der Waals surface area contributed by atoms with E-state index < -0.39 is 5.41 Å². The van der Waals surface area contributed by atoms with E-state index in [-0.39, 0.29) is 11.9 Å². The van der Waals surface area contributed by atoms with E-state index in [1.165, 1.54) is 16.3 Å². The Labute approximate surface area is 162 Å². The van der Waals surface area contributed by atoms with Gasteiger partial charge in [-0.2, -0.15) is 0 Å². The molecule has 2 aromatic rings. The number of amides is 1. The molecule has 0 aliphatic rings. The van der Waals surface area contributed by atoms with Crippen molar-refractivity contribution in [2.45, 2.75) is 40.7 Å². The van der Waals surface area contributed by atoms with Gasteiger partial charge in [-0.3, -0.25) is 9.79 Å². The van der Waals surface area contributed by atoms with Crippen LogP contribution in [0, 0.1) is 5.41 Å². The Morgan fingerprint density at radius 2 is 1.70 bits per heavy atom. The number of nitrogens with zero attached hydrogens (tertiary/aromatic N) is 1. The first-order chi connectivity index (χ1) is 12.9. The molecule has 1 amide bonds. The lowest BCUT2D eigenvalue weighted by Gasteiger charge is -2.23. The molecule has 5 nitrogen and oxygen atoms in total. The van der Waals surface area contributed by atoms with Gasteiger partial charge in [0.05, 0.1) is 18.0 Å². The third kappa shape index (κ3) is 5.71. The van der Waals surface area contributed by atoms with Crippen LogP contribution in [0.5, 0.6) is 0 Å². The van der Waals surface area contributed by atoms with Crippen LogP contribution in [-0.2, 0) is 4.79 Å². The summed E-state index contributed by atoms with van der Waals surface area (Å²) in [6.07, 6.45) is 0. The molecule has 0 aromatic heterocycles. The van der Waals surface area contributed by atoms with Crippen molar-refractivity contribution in [3.63, 3.8) is 0 Å². The van der Waals surface area contributed by atoms with Gasteiger partial charge in [-0.15, -0.1) is 0 Å². The highest BCUT2D eigenvalue weighted by Gasteiger charge is 2.27. The van der Waals surface area contributed by atoms with Crippen LogP contribution >= 0.6 is 0 Å². The highest BCUT2D eigenvalue weighted by molar-refractivity contribution is 5.85. The first kappa shape index (κ1) is 20.7. The predicted molar refractivity (Wildman–Crippen MR) is 114 cm³/mol. The molecule has 146 valence electrons. The van der Waals surface area contributed by atoms with Crippen LogP contribution in [0.3, 0.4) is 0 Å². The molecular weight excluding hydrogens is 336 g/mol. The first-order valence-corrected chi connectivity index (χ1v) is 9.69. The van der Waals surface area contributed by atoms with Crippen molar-refractivity contribution in [3.05, 3.63) is 48.0 Å². The second-order valence-corrected chi connectivity index (χ2v) is 7.41. The van der Waals surface area contributed by atoms with Crippen molar-refractivity contribution in [3.8, 4) is 0 Å². The SMILES string of the molecule is CCNC(=O)C(C)(C)CN=C(NCC)NC(C)c1ccc2ccccc2c1. The van der Waals surface area contributed by atoms with Crippen LogP contribution in [0.25, 0.3) is 10.8 Å². The molecule has 1 atom stereocenters. The lowest BCUT2D eigenvalue weighted by atomic mass is 9.92. The molecule has 0 spiro atoms. The van der Waals surface area contributed by atoms with E-state index in [0.717, 1.165) is 12.5 Å². The van der Waals surface area contributed by atoms with Crippen molar-refractivity contribution in [1.29, 1.82) is 0 Å². The van der Waals surface area contributed by atoms with Gasteiger partial charge in [0.2, 0.25) is 5.91 Å². The Bertz CT molecular complexity index is 798. The number of rotatable bonds is 7. The predicted octanol–water partition coefficient (Wildman–Crippen LogP) is 3.62. The van der Waals surface area contributed by atoms with E-state index in [9.17, 15) is 4.79 Å². The maximum Gasteiger partial charge on any atom is 0.227 e. The number of aliphatic imine (C=N–C) groups is 1. The lowest BCUT2D eigenvalue weighted by molar-refractivity contribution is -0.128. The molecule has 3 N–H and O–H groups in total. The fourth-order valence-corrected chi connectivity index (χ4v) is 2.83. The molecule has 0 saturated heterocycles. The molecule has 2 rings (SSSR count). The smallest absolute Gasteiger partial charge is 0.227 e. The summed E-state index contributed by atoms with van der Waals surface area (Å²) in [6.45, 7) is 11.7. The summed E-state index contributed by atoms with van der Waals surface area (Å²) in [5, 5.41) is 12.1. The van der Waals surface area contributed by atoms with Gasteiger partial charge < -0.3 is 16.0 Å². The summed E-state index contributed by atoms with van der Waals surface area (Å²) >= 11 is 0. The van der Waals surface area contributed by atoms with E-state index in [4.69, 9.17) is 0 Å². The minimum absolute atomic E-state index is 0.0205. The number of hydrogen-bond acceptors (Lipinski definition) is 2. The Kier molecular flexibility index (Phi) is 7.22. The molecule has 0 radical (unpaired) electrons. The molecule has 0 bridgehead atoms. The van der Waals surface area contributed by atoms with Crippen LogP contribution in [0.15, 0.2) is 47.5 Å². The monoisotopic (exact) mass is 368 g/mol. The zero-order valence-corrected chi connectivity index (χ0v) is 17.1. The quantitative estimate of drug-likeness (QED) is 0.517. The largest absolute Gasteiger partial charge is 0.357 e. The number of hydrogen-bond donors (Lipinski definition) is 3. The van der Waals surface area contributed by atoms with Crippen LogP contribution in [0.2, 0.25) is 0 Å².